The lowest BCUT2D eigenvalue weighted by Crippen LogP contribution is -2.50. The van der Waals surface area contributed by atoms with Gasteiger partial charge in [0, 0.05) is 31.9 Å². The van der Waals surface area contributed by atoms with E-state index < -0.39 is 5.60 Å². The number of amidine groups is 1. The van der Waals surface area contributed by atoms with Crippen LogP contribution in [0.3, 0.4) is 0 Å². The Morgan fingerprint density at radius 1 is 1.30 bits per heavy atom. The first-order chi connectivity index (χ1) is 12.7. The van der Waals surface area contributed by atoms with E-state index in [1.165, 1.54) is 11.8 Å². The highest BCUT2D eigenvalue weighted by Crippen LogP contribution is 2.27. The maximum absolute atomic E-state index is 12.2. The average molecular weight is 390 g/mol. The Balaban J connectivity index is 2.02. The van der Waals surface area contributed by atoms with Crippen molar-refractivity contribution in [3.8, 4) is 6.19 Å². The first-order valence-corrected chi connectivity index (χ1v) is 10.1. The van der Waals surface area contributed by atoms with Gasteiger partial charge >= 0.3 is 6.09 Å². The number of nitriles is 1. The molecule has 27 heavy (non-hydrogen) atoms. The number of nitrogens with zero attached hydrogens (tertiary/aromatic N) is 4. The number of benzene rings is 1. The smallest absolute Gasteiger partial charge is 0.410 e. The summed E-state index contributed by atoms with van der Waals surface area (Å²) in [6.07, 6.45) is 3.51. The van der Waals surface area contributed by atoms with Gasteiger partial charge in [0.05, 0.1) is 5.69 Å². The summed E-state index contributed by atoms with van der Waals surface area (Å²) in [6, 6.07) is 5.99. The summed E-state index contributed by atoms with van der Waals surface area (Å²) >= 11 is 1.39. The van der Waals surface area contributed by atoms with E-state index >= 15 is 0 Å². The molecule has 0 unspecified atom stereocenters. The van der Waals surface area contributed by atoms with Gasteiger partial charge in [0.2, 0.25) is 0 Å². The van der Waals surface area contributed by atoms with Crippen LogP contribution < -0.4 is 10.2 Å². The Morgan fingerprint density at radius 2 is 1.96 bits per heavy atom. The Labute approximate surface area is 165 Å². The minimum Gasteiger partial charge on any atom is -0.444 e. The summed E-state index contributed by atoms with van der Waals surface area (Å²) in [7, 11) is 0. The van der Waals surface area contributed by atoms with Gasteiger partial charge in [-0.2, -0.15) is 5.26 Å². The van der Waals surface area contributed by atoms with E-state index in [-0.39, 0.29) is 6.09 Å². The highest BCUT2D eigenvalue weighted by atomic mass is 32.2. The van der Waals surface area contributed by atoms with E-state index in [1.54, 1.807) is 4.90 Å². The lowest BCUT2D eigenvalue weighted by molar-refractivity contribution is 0.0240. The predicted octanol–water partition coefficient (Wildman–Crippen LogP) is 3.47. The fourth-order valence-electron chi connectivity index (χ4n) is 2.81. The van der Waals surface area contributed by atoms with E-state index in [1.807, 2.05) is 58.3 Å². The third kappa shape index (κ3) is 6.07. The van der Waals surface area contributed by atoms with Crippen molar-refractivity contribution in [3.63, 3.8) is 0 Å². The van der Waals surface area contributed by atoms with Gasteiger partial charge in [0.25, 0.3) is 0 Å². The van der Waals surface area contributed by atoms with Crippen molar-refractivity contribution in [2.24, 2.45) is 4.99 Å². The number of hydrogen-bond donors (Lipinski definition) is 1. The van der Waals surface area contributed by atoms with Gasteiger partial charge in [-0.05, 0) is 57.7 Å². The Bertz CT molecular complexity index is 743. The van der Waals surface area contributed by atoms with Crippen LogP contribution in [-0.4, -0.2) is 54.2 Å². The number of carbonyl (C=O) groups excluding carboxylic acids is 1. The van der Waals surface area contributed by atoms with Crippen LogP contribution >= 0.6 is 11.8 Å². The molecule has 1 aromatic rings. The van der Waals surface area contributed by atoms with Crippen LogP contribution in [0.25, 0.3) is 0 Å². The second-order valence-electron chi connectivity index (χ2n) is 7.28. The SMILES string of the molecule is CSC(=Nc1ccc(N2CCN(C(=O)OC(C)(C)C)CC2)c(C)c1)NC#N. The molecule has 7 nitrogen and oxygen atoms in total. The molecule has 8 heteroatoms. The zero-order valence-electron chi connectivity index (χ0n) is 16.6. The molecule has 0 spiro atoms. The Kier molecular flexibility index (Phi) is 6.97. The van der Waals surface area contributed by atoms with E-state index in [0.717, 1.165) is 30.0 Å². The molecule has 1 N–H and O–H groups in total. The summed E-state index contributed by atoms with van der Waals surface area (Å²) in [6.45, 7) is 10.5. The topological polar surface area (TPSA) is 81.0 Å². The van der Waals surface area contributed by atoms with Crippen LogP contribution in [0.2, 0.25) is 0 Å². The molecule has 2 rings (SSSR count). The molecule has 0 atom stereocenters. The molecule has 0 bridgehead atoms. The number of piperazine rings is 1. The van der Waals surface area contributed by atoms with Gasteiger partial charge in [-0.3, -0.25) is 5.32 Å². The van der Waals surface area contributed by atoms with Crippen LogP contribution in [0.15, 0.2) is 23.2 Å². The van der Waals surface area contributed by atoms with Crippen molar-refractivity contribution in [2.45, 2.75) is 33.3 Å². The van der Waals surface area contributed by atoms with Crippen LogP contribution in [0.4, 0.5) is 16.2 Å². The van der Waals surface area contributed by atoms with E-state index in [9.17, 15) is 4.79 Å². The van der Waals surface area contributed by atoms with Crippen LogP contribution in [0, 0.1) is 18.4 Å². The molecule has 146 valence electrons. The largest absolute Gasteiger partial charge is 0.444 e. The molecule has 1 fully saturated rings. The maximum atomic E-state index is 12.2. The molecule has 0 aromatic heterocycles. The first-order valence-electron chi connectivity index (χ1n) is 8.85. The quantitative estimate of drug-likeness (QED) is 0.361. The summed E-state index contributed by atoms with van der Waals surface area (Å²) < 4.78 is 5.45. The number of aliphatic imine (C=N–C) groups is 1. The molecule has 0 radical (unpaired) electrons. The average Bonchev–Trinajstić information content (AvgIpc) is 2.60. The number of thioether (sulfide) groups is 1. The van der Waals surface area contributed by atoms with Crippen molar-refractivity contribution in [3.05, 3.63) is 23.8 Å². The number of amides is 1. The fourth-order valence-corrected chi connectivity index (χ4v) is 3.15. The monoisotopic (exact) mass is 389 g/mol. The molecular weight excluding hydrogens is 362 g/mol. The second-order valence-corrected chi connectivity index (χ2v) is 8.08. The van der Waals surface area contributed by atoms with Crippen LogP contribution in [-0.2, 0) is 4.74 Å². The van der Waals surface area contributed by atoms with Gasteiger partial charge in [0.1, 0.15) is 5.60 Å². The zero-order chi connectivity index (χ0) is 20.0. The number of hydrogen-bond acceptors (Lipinski definition) is 6. The summed E-state index contributed by atoms with van der Waals surface area (Å²) in [4.78, 5) is 20.7. The number of nitrogens with one attached hydrogen (secondary N) is 1. The molecule has 0 saturated carbocycles. The lowest BCUT2D eigenvalue weighted by Gasteiger charge is -2.37. The van der Waals surface area contributed by atoms with E-state index in [0.29, 0.717) is 18.3 Å². The lowest BCUT2D eigenvalue weighted by atomic mass is 10.1. The number of anilines is 1. The van der Waals surface area contributed by atoms with Gasteiger partial charge in [-0.15, -0.1) is 0 Å². The highest BCUT2D eigenvalue weighted by molar-refractivity contribution is 8.13. The minimum absolute atomic E-state index is 0.252. The van der Waals surface area contributed by atoms with Crippen molar-refractivity contribution in [2.75, 3.05) is 37.3 Å². The summed E-state index contributed by atoms with van der Waals surface area (Å²) in [5.74, 6) is 0. The van der Waals surface area contributed by atoms with Crippen LogP contribution in [0.5, 0.6) is 0 Å². The van der Waals surface area contributed by atoms with Gasteiger partial charge in [0.15, 0.2) is 11.4 Å². The Hall–Kier alpha value is -2.40. The minimum atomic E-state index is -0.475. The zero-order valence-corrected chi connectivity index (χ0v) is 17.4. The maximum Gasteiger partial charge on any atom is 0.410 e. The molecule has 0 aliphatic carbocycles. The molecule has 1 aliphatic rings. The summed E-state index contributed by atoms with van der Waals surface area (Å²) in [5.41, 5.74) is 2.57. The number of rotatable bonds is 2. The van der Waals surface area contributed by atoms with Gasteiger partial charge < -0.3 is 14.5 Å². The van der Waals surface area contributed by atoms with Crippen molar-refractivity contribution in [1.82, 2.24) is 10.2 Å². The normalized spacial score (nSPS) is 15.3. The third-order valence-electron chi connectivity index (χ3n) is 4.04. The van der Waals surface area contributed by atoms with E-state index in [2.05, 4.69) is 15.2 Å². The molecule has 1 aromatic carbocycles. The molecule has 1 aliphatic heterocycles. The van der Waals surface area contributed by atoms with Gasteiger partial charge in [-0.1, -0.05) is 11.8 Å². The molecular formula is C19H27N5O2S. The van der Waals surface area contributed by atoms with Gasteiger partial charge in [-0.25, -0.2) is 9.79 Å². The summed E-state index contributed by atoms with van der Waals surface area (Å²) in [5, 5.41) is 11.9. The standard InChI is InChI=1S/C19H27N5O2S/c1-14-12-15(22-17(27-5)21-13-20)6-7-16(14)23-8-10-24(11-9-23)18(25)26-19(2,3)4/h6-7,12H,8-11H2,1-5H3,(H,21,22). The number of aryl methyl sites for hydroxylation is 1. The fraction of sp³-hybridized carbons (Fsp3) is 0.526. The molecule has 1 amide bonds. The predicted molar refractivity (Wildman–Crippen MR) is 111 cm³/mol. The van der Waals surface area contributed by atoms with Crippen molar-refractivity contribution in [1.29, 1.82) is 5.26 Å². The number of carbonyl (C=O) groups is 1. The van der Waals surface area contributed by atoms with Crippen molar-refractivity contribution >= 4 is 34.4 Å². The first kappa shape index (κ1) is 20.9. The highest BCUT2D eigenvalue weighted by Gasteiger charge is 2.26. The van der Waals surface area contributed by atoms with E-state index in [4.69, 9.17) is 10.00 Å². The van der Waals surface area contributed by atoms with Crippen molar-refractivity contribution < 1.29 is 9.53 Å². The number of ether oxygens (including phenoxy) is 1. The molecule has 1 saturated heterocycles. The third-order valence-corrected chi connectivity index (χ3v) is 4.62. The van der Waals surface area contributed by atoms with Crippen LogP contribution in [0.1, 0.15) is 26.3 Å². The second kappa shape index (κ2) is 9.00. The Morgan fingerprint density at radius 3 is 2.48 bits per heavy atom. The molecule has 1 heterocycles.